The van der Waals surface area contributed by atoms with Crippen molar-refractivity contribution >= 4 is 90.6 Å². The van der Waals surface area contributed by atoms with Gasteiger partial charge in [-0.05, 0) is 105 Å². The van der Waals surface area contributed by atoms with Gasteiger partial charge in [-0.1, -0.05) is 122 Å². The molecule has 17 rings (SSSR count). The minimum Gasteiger partial charge on any atom is -0.469 e. The Balaban J connectivity index is 0.748. The highest BCUT2D eigenvalue weighted by molar-refractivity contribution is 6.42. The summed E-state index contributed by atoms with van der Waals surface area (Å²) in [6, 6.07) is 45.6. The van der Waals surface area contributed by atoms with Crippen LogP contribution >= 0.6 is 0 Å². The van der Waals surface area contributed by atoms with Crippen LogP contribution in [0.3, 0.4) is 0 Å². The Labute approximate surface area is 515 Å². The van der Waals surface area contributed by atoms with Crippen molar-refractivity contribution in [3.8, 4) is 12.1 Å². The molecule has 4 amide bonds. The van der Waals surface area contributed by atoms with E-state index in [1.54, 1.807) is 24.3 Å². The number of methoxy groups -OCH3 is 4. The van der Waals surface area contributed by atoms with Crippen LogP contribution in [-0.2, 0) is 49.0 Å². The molecule has 0 radical (unpaired) electrons. The van der Waals surface area contributed by atoms with Gasteiger partial charge in [0.15, 0.2) is 0 Å². The number of unbranched alkanes of at least 4 members (excludes halogenated alkanes) is 2. The van der Waals surface area contributed by atoms with Crippen molar-refractivity contribution < 1.29 is 57.3 Å². The molecule has 4 bridgehead atoms. The summed E-state index contributed by atoms with van der Waals surface area (Å²) in [6.45, 7) is -0.0313. The predicted octanol–water partition coefficient (Wildman–Crippen LogP) is 11.1. The fraction of sp³-hybridized carbons (Fsp3) is 0.270. The molecule has 6 aliphatic carbocycles. The van der Waals surface area contributed by atoms with Crippen LogP contribution in [-0.4, -0.2) is 98.8 Å². The maximum Gasteiger partial charge on any atom is 0.310 e. The smallest absolute Gasteiger partial charge is 0.310 e. The topological polar surface area (TPSA) is 228 Å². The first kappa shape index (κ1) is 56.0. The van der Waals surface area contributed by atoms with Gasteiger partial charge in [0.2, 0.25) is 0 Å². The Morgan fingerprint density at radius 2 is 0.733 bits per heavy atom. The molecule has 0 aromatic heterocycles. The first-order valence-electron chi connectivity index (χ1n) is 30.3. The van der Waals surface area contributed by atoms with Crippen molar-refractivity contribution in [3.63, 3.8) is 0 Å². The van der Waals surface area contributed by atoms with Crippen LogP contribution in [0.5, 0.6) is 0 Å². The highest BCUT2D eigenvalue weighted by Crippen LogP contribution is 2.66. The Bertz CT molecular complexity index is 4460. The summed E-state index contributed by atoms with van der Waals surface area (Å²) in [5.41, 5.74) is 6.19. The van der Waals surface area contributed by atoms with E-state index in [-0.39, 0.29) is 46.5 Å². The molecule has 9 aromatic carbocycles. The summed E-state index contributed by atoms with van der Waals surface area (Å²) in [5, 5.41) is 25.3. The predicted molar refractivity (Wildman–Crippen MR) is 329 cm³/mol. The van der Waals surface area contributed by atoms with Gasteiger partial charge >= 0.3 is 23.9 Å². The maximum absolute atomic E-state index is 15.0. The number of nitriles is 2. The van der Waals surface area contributed by atoms with Crippen LogP contribution in [0.25, 0.3) is 43.1 Å². The van der Waals surface area contributed by atoms with Gasteiger partial charge in [0.05, 0.1) is 86.5 Å². The van der Waals surface area contributed by atoms with Crippen LogP contribution < -0.4 is 0 Å². The number of hydrogen-bond donors (Lipinski definition) is 0. The van der Waals surface area contributed by atoms with Gasteiger partial charge in [-0.3, -0.25) is 48.2 Å². The monoisotopic (exact) mass is 1190 g/mol. The van der Waals surface area contributed by atoms with Crippen LogP contribution in [0, 0.1) is 46.3 Å². The molecule has 0 N–H and O–H groups in total. The lowest BCUT2D eigenvalue weighted by molar-refractivity contribution is -0.163. The van der Waals surface area contributed by atoms with Gasteiger partial charge in [0.1, 0.15) is 0 Å². The minimum absolute atomic E-state index is 0.0157. The average Bonchev–Trinajstić information content (AvgIpc) is 0.698. The molecule has 0 saturated carbocycles. The van der Waals surface area contributed by atoms with Crippen molar-refractivity contribution in [1.82, 2.24) is 9.80 Å². The first-order chi connectivity index (χ1) is 43.8. The third-order valence-corrected chi connectivity index (χ3v) is 21.1. The van der Waals surface area contributed by atoms with Crippen molar-refractivity contribution in [2.45, 2.75) is 61.2 Å². The lowest BCUT2D eigenvalue weighted by Gasteiger charge is -2.56. The molecule has 8 aliphatic rings. The van der Waals surface area contributed by atoms with Crippen LogP contribution in [0.4, 0.5) is 0 Å². The molecular formula is C74H56N4O12. The second-order valence-corrected chi connectivity index (χ2v) is 24.5. The van der Waals surface area contributed by atoms with Gasteiger partial charge in [-0.15, -0.1) is 0 Å². The lowest BCUT2D eigenvalue weighted by Crippen LogP contribution is -2.57. The van der Waals surface area contributed by atoms with Crippen molar-refractivity contribution in [3.05, 3.63) is 211 Å². The fourth-order valence-electron chi connectivity index (χ4n) is 17.9. The highest BCUT2D eigenvalue weighted by Gasteiger charge is 2.65. The zero-order valence-corrected chi connectivity index (χ0v) is 49.5. The summed E-state index contributed by atoms with van der Waals surface area (Å²) < 4.78 is 21.7. The molecule has 0 saturated heterocycles. The number of carbonyl (C=O) groups excluding carboxylic acids is 8. The Morgan fingerprint density at radius 3 is 1.06 bits per heavy atom. The number of rotatable bonds is 14. The Morgan fingerprint density at radius 1 is 0.411 bits per heavy atom. The van der Waals surface area contributed by atoms with Gasteiger partial charge in [0.25, 0.3) is 23.6 Å². The van der Waals surface area contributed by atoms with Crippen molar-refractivity contribution in [2.75, 3.05) is 41.5 Å². The minimum atomic E-state index is -1.03. The Kier molecular flexibility index (Phi) is 12.7. The number of esters is 4. The summed E-state index contributed by atoms with van der Waals surface area (Å²) in [7, 11) is 5.26. The van der Waals surface area contributed by atoms with E-state index in [1.807, 2.05) is 97.1 Å². The van der Waals surface area contributed by atoms with Crippen molar-refractivity contribution in [2.24, 2.45) is 23.7 Å². The first-order valence-corrected chi connectivity index (χ1v) is 30.3. The molecule has 0 spiro atoms. The lowest BCUT2D eigenvalue weighted by atomic mass is 9.45. The van der Waals surface area contributed by atoms with E-state index < -0.39 is 93.8 Å². The van der Waals surface area contributed by atoms with E-state index in [0.29, 0.717) is 81.6 Å². The molecule has 16 heteroatoms. The molecule has 2 aliphatic heterocycles. The molecule has 4 unspecified atom stereocenters. The summed E-state index contributed by atoms with van der Waals surface area (Å²) >= 11 is 0. The number of carbonyl (C=O) groups is 8. The van der Waals surface area contributed by atoms with E-state index >= 15 is 9.59 Å². The van der Waals surface area contributed by atoms with Crippen LogP contribution in [0.2, 0.25) is 0 Å². The molecule has 90 heavy (non-hydrogen) atoms. The van der Waals surface area contributed by atoms with Crippen LogP contribution in [0.15, 0.2) is 133 Å². The van der Waals surface area contributed by atoms with E-state index in [0.717, 1.165) is 44.5 Å². The highest BCUT2D eigenvalue weighted by atomic mass is 16.5. The summed E-state index contributed by atoms with van der Waals surface area (Å²) in [5.74, 6) is -9.00. The number of benzene rings is 9. The third-order valence-electron chi connectivity index (χ3n) is 21.1. The number of amides is 4. The second kappa shape index (κ2) is 20.5. The molecule has 2 heterocycles. The molecule has 0 fully saturated rings. The van der Waals surface area contributed by atoms with E-state index in [9.17, 15) is 39.3 Å². The second-order valence-electron chi connectivity index (χ2n) is 24.5. The molecule has 16 nitrogen and oxygen atoms in total. The van der Waals surface area contributed by atoms with E-state index in [2.05, 4.69) is 12.1 Å². The molecule has 444 valence electrons. The number of nitrogens with zero attached hydrogens (tertiary/aromatic N) is 4. The van der Waals surface area contributed by atoms with Gasteiger partial charge in [-0.25, -0.2) is 0 Å². The number of ether oxygens (including phenoxy) is 4. The molecule has 4 atom stereocenters. The van der Waals surface area contributed by atoms with Gasteiger partial charge in [0, 0.05) is 79.2 Å². The SMILES string of the molecule is COC(=O)C1C2c3ccccc3C(CCCCN3C(=O)c4ccc5c6c(C#N)cc7c8c(ccc(c9c(C#N)cc(c4c59)C3=O)c86)C(=O)N(CCCCC34c5ccccc5C(c5ccccc53)C(C(=O)OC)C4C(=O)OC)C7=O)(c3ccccc32)C1C(=O)OC. The fourth-order valence-corrected chi connectivity index (χ4v) is 17.9. The van der Waals surface area contributed by atoms with Crippen LogP contribution in [0.1, 0.15) is 147 Å². The maximum atomic E-state index is 15.0. The van der Waals surface area contributed by atoms with E-state index in [1.165, 1.54) is 50.4 Å². The van der Waals surface area contributed by atoms with Gasteiger partial charge in [-0.2, -0.15) is 10.5 Å². The molecular weight excluding hydrogens is 1140 g/mol. The largest absolute Gasteiger partial charge is 0.469 e. The Hall–Kier alpha value is -10.6. The number of imide groups is 2. The zero-order chi connectivity index (χ0) is 62.4. The van der Waals surface area contributed by atoms with Crippen molar-refractivity contribution in [1.29, 1.82) is 10.5 Å². The summed E-state index contributed by atoms with van der Waals surface area (Å²) in [4.78, 5) is 118. The quantitative estimate of drug-likeness (QED) is 0.0246. The van der Waals surface area contributed by atoms with Gasteiger partial charge < -0.3 is 18.9 Å². The normalized spacial score (nSPS) is 22.9. The standard InChI is InChI=1S/C74H56N4O12/c1-87-69(83)61-55-39-17-5-9-21-49(39)73(63(61)71(85)89-3,50-22-10-6-18-40(50)55)29-13-15-31-77-65(79)45-27-25-43-54-38(36-76)34-48-58-46(28-26-44(60(54)58)53-37(35-75)33-47(67(77)81)57(45)59(43)53)66(80)78(68(48)82)32-16-14-30-74-51-23-11-7-19-41(51)56(42-20-8-12-24-52(42)74)62(70(84)88-2)64(74)72(86)90-4/h5-12,17-28,33-34,55-56,61-64H,13-16,29-32H2,1-4H3. The third kappa shape index (κ3) is 7.15. The number of hydrogen-bond acceptors (Lipinski definition) is 14. The summed E-state index contributed by atoms with van der Waals surface area (Å²) in [6.07, 6.45) is 2.15. The number of fused-ring (bicyclic) bond motifs is 4. The zero-order valence-electron chi connectivity index (χ0n) is 49.5. The molecule has 9 aromatic rings. The average molecular weight is 1190 g/mol. The van der Waals surface area contributed by atoms with E-state index in [4.69, 9.17) is 18.9 Å².